The Morgan fingerprint density at radius 2 is 2.06 bits per heavy atom. The SMILES string of the molecule is Cn1cc(C[NH+]2C[C@@H]3C[C@H](C2)c2ccc(NC(=O)c4cnccn4)c(=O)n2C3)c2ccccc21. The normalized spacial score (nSPS) is 21.3. The molecule has 2 N–H and O–H groups in total. The highest BCUT2D eigenvalue weighted by Crippen LogP contribution is 2.31. The number of para-hydroxylation sites is 1. The fourth-order valence-corrected chi connectivity index (χ4v) is 5.85. The van der Waals surface area contributed by atoms with Crippen LogP contribution in [0, 0.1) is 5.92 Å². The standard InChI is InChI=1S/C26H26N6O2/c1-30-14-19(20-4-2-3-5-24(20)30)16-31-12-17-10-18(15-31)23-7-6-21(26(34)32(23)13-17)29-25(33)22-11-27-8-9-28-22/h2-9,11,14,17-18H,10,12-13,15-16H2,1H3,(H,29,33)/p+1/t17-,18+/m0/s1. The van der Waals surface area contributed by atoms with Crippen molar-refractivity contribution < 1.29 is 9.69 Å². The second-order valence-electron chi connectivity index (χ2n) is 9.55. The highest BCUT2D eigenvalue weighted by molar-refractivity contribution is 6.02. The Morgan fingerprint density at radius 3 is 2.91 bits per heavy atom. The van der Waals surface area contributed by atoms with Crippen LogP contribution in [0.5, 0.6) is 0 Å². The summed E-state index contributed by atoms with van der Waals surface area (Å²) in [4.78, 5) is 35.2. The summed E-state index contributed by atoms with van der Waals surface area (Å²) in [6.45, 7) is 3.73. The number of carbonyl (C=O) groups excluding carboxylic acids is 1. The number of aryl methyl sites for hydroxylation is 1. The Hall–Kier alpha value is -3.78. The van der Waals surface area contributed by atoms with Gasteiger partial charge in [-0.1, -0.05) is 18.2 Å². The van der Waals surface area contributed by atoms with Crippen LogP contribution in [0.2, 0.25) is 0 Å². The molecule has 6 rings (SSSR count). The van der Waals surface area contributed by atoms with Crippen LogP contribution in [0.4, 0.5) is 5.69 Å². The highest BCUT2D eigenvalue weighted by Gasteiger charge is 2.37. The number of carbonyl (C=O) groups is 1. The summed E-state index contributed by atoms with van der Waals surface area (Å²) in [5.41, 5.74) is 4.07. The second kappa shape index (κ2) is 8.22. The molecule has 3 aromatic heterocycles. The van der Waals surface area contributed by atoms with Gasteiger partial charge in [-0.3, -0.25) is 14.6 Å². The predicted octanol–water partition coefficient (Wildman–Crippen LogP) is 1.58. The van der Waals surface area contributed by atoms with Crippen molar-refractivity contribution in [2.75, 3.05) is 18.4 Å². The van der Waals surface area contributed by atoms with Crippen molar-refractivity contribution in [3.05, 3.63) is 88.5 Å². The molecule has 5 heterocycles. The number of hydrogen-bond donors (Lipinski definition) is 2. The molecule has 2 bridgehead atoms. The molecule has 3 atom stereocenters. The first kappa shape index (κ1) is 20.8. The number of amides is 1. The molecular weight excluding hydrogens is 428 g/mol. The first-order valence-corrected chi connectivity index (χ1v) is 11.7. The fraction of sp³-hybridized carbons (Fsp3) is 0.308. The number of nitrogens with zero attached hydrogens (tertiary/aromatic N) is 4. The molecule has 172 valence electrons. The summed E-state index contributed by atoms with van der Waals surface area (Å²) in [6.07, 6.45) is 7.73. The van der Waals surface area contributed by atoms with Gasteiger partial charge in [0.15, 0.2) is 0 Å². The van der Waals surface area contributed by atoms with Gasteiger partial charge in [0.05, 0.1) is 19.3 Å². The molecule has 0 saturated carbocycles. The maximum Gasteiger partial charge on any atom is 0.276 e. The number of benzene rings is 1. The van der Waals surface area contributed by atoms with Gasteiger partial charge in [-0.2, -0.15) is 0 Å². The summed E-state index contributed by atoms with van der Waals surface area (Å²) < 4.78 is 4.08. The zero-order valence-corrected chi connectivity index (χ0v) is 19.1. The molecule has 0 radical (unpaired) electrons. The predicted molar refractivity (Wildman–Crippen MR) is 129 cm³/mol. The van der Waals surface area contributed by atoms with Crippen LogP contribution >= 0.6 is 0 Å². The van der Waals surface area contributed by atoms with Crippen LogP contribution in [0.15, 0.2) is 66.0 Å². The van der Waals surface area contributed by atoms with Crippen molar-refractivity contribution in [2.24, 2.45) is 13.0 Å². The molecule has 8 heteroatoms. The molecule has 2 aliphatic heterocycles. The Kier molecular flexibility index (Phi) is 5.03. The molecular formula is C26H27N6O2+. The van der Waals surface area contributed by atoms with E-state index < -0.39 is 5.91 Å². The van der Waals surface area contributed by atoms with Gasteiger partial charge in [-0.15, -0.1) is 0 Å². The van der Waals surface area contributed by atoms with E-state index in [-0.39, 0.29) is 11.3 Å². The number of aromatic nitrogens is 4. The van der Waals surface area contributed by atoms with E-state index in [2.05, 4.69) is 57.4 Å². The van der Waals surface area contributed by atoms with Gasteiger partial charge < -0.3 is 19.4 Å². The minimum atomic E-state index is -0.424. The average molecular weight is 456 g/mol. The van der Waals surface area contributed by atoms with Crippen LogP contribution in [-0.2, 0) is 20.1 Å². The van der Waals surface area contributed by atoms with Crippen molar-refractivity contribution >= 4 is 22.5 Å². The Bertz CT molecular complexity index is 1440. The fourth-order valence-electron chi connectivity index (χ4n) is 5.85. The number of pyridine rings is 1. The summed E-state index contributed by atoms with van der Waals surface area (Å²) in [6, 6.07) is 12.3. The van der Waals surface area contributed by atoms with Gasteiger partial charge in [0.25, 0.3) is 11.5 Å². The second-order valence-corrected chi connectivity index (χ2v) is 9.55. The highest BCUT2D eigenvalue weighted by atomic mass is 16.2. The van der Waals surface area contributed by atoms with E-state index in [4.69, 9.17) is 0 Å². The van der Waals surface area contributed by atoms with Crippen LogP contribution in [0.25, 0.3) is 10.9 Å². The quantitative estimate of drug-likeness (QED) is 0.489. The molecule has 4 aromatic rings. The minimum Gasteiger partial charge on any atom is -0.350 e. The molecule has 1 aromatic carbocycles. The van der Waals surface area contributed by atoms with E-state index in [9.17, 15) is 9.59 Å². The first-order valence-electron chi connectivity index (χ1n) is 11.7. The van der Waals surface area contributed by atoms with Gasteiger partial charge in [-0.05, 0) is 24.6 Å². The van der Waals surface area contributed by atoms with Gasteiger partial charge in [0.1, 0.15) is 17.9 Å². The van der Waals surface area contributed by atoms with Crippen molar-refractivity contribution in [1.29, 1.82) is 0 Å². The number of fused-ring (bicyclic) bond motifs is 5. The van der Waals surface area contributed by atoms with E-state index in [1.807, 2.05) is 10.6 Å². The van der Waals surface area contributed by atoms with E-state index >= 15 is 0 Å². The summed E-state index contributed by atoms with van der Waals surface area (Å²) >= 11 is 0. The van der Waals surface area contributed by atoms with Crippen molar-refractivity contribution in [3.63, 3.8) is 0 Å². The van der Waals surface area contributed by atoms with Crippen molar-refractivity contribution in [3.8, 4) is 0 Å². The van der Waals surface area contributed by atoms with E-state index in [0.29, 0.717) is 24.1 Å². The lowest BCUT2D eigenvalue weighted by molar-refractivity contribution is -0.924. The number of rotatable bonds is 4. The molecule has 2 aliphatic rings. The maximum absolute atomic E-state index is 13.2. The van der Waals surface area contributed by atoms with Gasteiger partial charge in [-0.25, -0.2) is 4.98 Å². The summed E-state index contributed by atoms with van der Waals surface area (Å²) in [7, 11) is 2.11. The largest absolute Gasteiger partial charge is 0.350 e. The Morgan fingerprint density at radius 1 is 1.18 bits per heavy atom. The lowest BCUT2D eigenvalue weighted by Crippen LogP contribution is -3.13. The third-order valence-corrected chi connectivity index (χ3v) is 7.26. The molecule has 0 aliphatic carbocycles. The lowest BCUT2D eigenvalue weighted by Gasteiger charge is -2.40. The number of likely N-dealkylation sites (tertiary alicyclic amines) is 1. The van der Waals surface area contributed by atoms with Crippen molar-refractivity contribution in [2.45, 2.75) is 25.4 Å². The minimum absolute atomic E-state index is 0.137. The molecule has 1 saturated heterocycles. The molecule has 1 unspecified atom stereocenters. The van der Waals surface area contributed by atoms with Crippen molar-refractivity contribution in [1.82, 2.24) is 19.1 Å². The number of piperidine rings is 1. The molecule has 8 nitrogen and oxygen atoms in total. The first-order chi connectivity index (χ1) is 16.6. The Labute approximate surface area is 196 Å². The molecule has 34 heavy (non-hydrogen) atoms. The molecule has 1 fully saturated rings. The average Bonchev–Trinajstić information content (AvgIpc) is 3.17. The lowest BCUT2D eigenvalue weighted by atomic mass is 9.83. The summed E-state index contributed by atoms with van der Waals surface area (Å²) in [5.74, 6) is 0.363. The third-order valence-electron chi connectivity index (χ3n) is 7.26. The maximum atomic E-state index is 13.2. The smallest absolute Gasteiger partial charge is 0.276 e. The Balaban J connectivity index is 1.23. The van der Waals surface area contributed by atoms with E-state index in [0.717, 1.165) is 31.7 Å². The number of quaternary nitrogens is 1. The monoisotopic (exact) mass is 455 g/mol. The topological polar surface area (TPSA) is 86.2 Å². The van der Waals surface area contributed by atoms with Gasteiger partial charge in [0, 0.05) is 66.2 Å². The number of nitrogens with one attached hydrogen (secondary N) is 2. The zero-order valence-electron chi connectivity index (χ0n) is 19.1. The van der Waals surface area contributed by atoms with Crippen LogP contribution in [0.1, 0.15) is 34.1 Å². The molecule has 1 amide bonds. The number of anilines is 1. The zero-order chi connectivity index (χ0) is 23.2. The number of hydrogen-bond acceptors (Lipinski definition) is 4. The summed E-state index contributed by atoms with van der Waals surface area (Å²) in [5, 5.41) is 4.05. The van der Waals surface area contributed by atoms with Gasteiger partial charge >= 0.3 is 0 Å². The van der Waals surface area contributed by atoms with Crippen LogP contribution < -0.4 is 15.8 Å². The molecule has 0 spiro atoms. The van der Waals surface area contributed by atoms with E-state index in [1.165, 1.54) is 35.1 Å². The van der Waals surface area contributed by atoms with Crippen LogP contribution in [-0.4, -0.2) is 38.1 Å². The third kappa shape index (κ3) is 3.60. The van der Waals surface area contributed by atoms with Crippen LogP contribution in [0.3, 0.4) is 0 Å². The van der Waals surface area contributed by atoms with E-state index in [1.54, 1.807) is 11.0 Å². The van der Waals surface area contributed by atoms with Gasteiger partial charge in [0.2, 0.25) is 0 Å².